The first-order chi connectivity index (χ1) is 30.5. The zero-order chi connectivity index (χ0) is 45.5. The summed E-state index contributed by atoms with van der Waals surface area (Å²) in [6.07, 6.45) is 2.27. The molecule has 6 bridgehead atoms. The lowest BCUT2D eigenvalue weighted by Gasteiger charge is -2.47. The topological polar surface area (TPSA) is 152 Å². The number of morpholine rings is 2. The molecule has 3 aromatic rings. The molecule has 0 aliphatic carbocycles. The first kappa shape index (κ1) is 46.2. The molecule has 0 spiro atoms. The third-order valence-electron chi connectivity index (χ3n) is 13.5. The molecule has 1 aromatic carbocycles. The maximum Gasteiger partial charge on any atom is 0.408 e. The molecule has 4 fully saturated rings. The van der Waals surface area contributed by atoms with Crippen molar-refractivity contribution in [3.8, 4) is 11.3 Å². The number of cyclic esters (lactones) is 1. The third kappa shape index (κ3) is 9.78. The largest absolute Gasteiger partial charge is 0.464 e. The van der Waals surface area contributed by atoms with E-state index in [2.05, 4.69) is 89.0 Å². The van der Waals surface area contributed by atoms with Gasteiger partial charge in [0.1, 0.15) is 17.7 Å². The number of likely N-dealkylation sites (N-methyl/N-ethyl adjacent to an activating group) is 1. The molecule has 5 aliphatic rings. The maximum absolute atomic E-state index is 15.0. The Morgan fingerprint density at radius 1 is 1.06 bits per heavy atom. The van der Waals surface area contributed by atoms with E-state index in [-0.39, 0.29) is 18.6 Å². The van der Waals surface area contributed by atoms with Gasteiger partial charge in [0, 0.05) is 99.2 Å². The van der Waals surface area contributed by atoms with Gasteiger partial charge < -0.3 is 43.4 Å². The molecule has 0 radical (unpaired) electrons. The molecule has 2 N–H and O–H groups in total. The number of aryl methyl sites for hydroxylation is 1. The number of ether oxygens (including phenoxy) is 5. The summed E-state index contributed by atoms with van der Waals surface area (Å²) in [4.78, 5) is 54.8. The Hall–Kier alpha value is -4.32. The number of likely N-dealkylation sites (tertiary alicyclic amines) is 1. The summed E-state index contributed by atoms with van der Waals surface area (Å²) >= 11 is 0. The van der Waals surface area contributed by atoms with Gasteiger partial charge in [-0.1, -0.05) is 13.8 Å². The molecular formula is C48H70N8O8. The monoisotopic (exact) mass is 887 g/mol. The number of carbonyl (C=O) groups is 3. The van der Waals surface area contributed by atoms with Crippen LogP contribution in [0.15, 0.2) is 30.5 Å². The fraction of sp³-hybridized carbons (Fsp3) is 0.667. The summed E-state index contributed by atoms with van der Waals surface area (Å²) in [5, 5.41) is 5.61. The van der Waals surface area contributed by atoms with Crippen LogP contribution in [-0.4, -0.2) is 159 Å². The van der Waals surface area contributed by atoms with Crippen LogP contribution < -0.4 is 15.6 Å². The number of rotatable bonds is 7. The number of carbonyl (C=O) groups excluding carboxylic acids is 3. The van der Waals surface area contributed by atoms with Crippen molar-refractivity contribution in [2.75, 3.05) is 91.3 Å². The zero-order valence-electron chi connectivity index (χ0n) is 39.4. The van der Waals surface area contributed by atoms with Gasteiger partial charge in [0.15, 0.2) is 0 Å². The highest BCUT2D eigenvalue weighted by molar-refractivity contribution is 5.95. The minimum absolute atomic E-state index is 0.164. The second kappa shape index (κ2) is 18.9. The van der Waals surface area contributed by atoms with Gasteiger partial charge in [-0.05, 0) is 96.3 Å². The van der Waals surface area contributed by atoms with Crippen LogP contribution in [0.1, 0.15) is 90.2 Å². The molecule has 7 heterocycles. The van der Waals surface area contributed by atoms with Crippen molar-refractivity contribution in [2.24, 2.45) is 5.41 Å². The van der Waals surface area contributed by atoms with E-state index in [4.69, 9.17) is 28.7 Å². The smallest absolute Gasteiger partial charge is 0.408 e. The van der Waals surface area contributed by atoms with Crippen LogP contribution >= 0.6 is 0 Å². The molecule has 16 nitrogen and oxygen atoms in total. The van der Waals surface area contributed by atoms with Crippen molar-refractivity contribution in [1.29, 1.82) is 0 Å². The van der Waals surface area contributed by atoms with E-state index in [0.717, 1.165) is 53.2 Å². The molecular weight excluding hydrogens is 817 g/mol. The number of methoxy groups -OCH3 is 1. The highest BCUT2D eigenvalue weighted by atomic mass is 16.6. The van der Waals surface area contributed by atoms with E-state index in [1.54, 1.807) is 27.9 Å². The number of nitrogens with zero attached hydrogens (tertiary/aromatic N) is 6. The maximum atomic E-state index is 15.0. The highest BCUT2D eigenvalue weighted by Gasteiger charge is 2.46. The van der Waals surface area contributed by atoms with Gasteiger partial charge in [0.25, 0.3) is 5.91 Å². The Labute approximate surface area is 378 Å². The molecule has 2 aromatic heterocycles. The summed E-state index contributed by atoms with van der Waals surface area (Å²) in [7, 11) is 3.88. The highest BCUT2D eigenvalue weighted by Crippen LogP contribution is 2.43. The Kier molecular flexibility index (Phi) is 13.6. The van der Waals surface area contributed by atoms with E-state index < -0.39 is 47.3 Å². The van der Waals surface area contributed by atoms with Crippen molar-refractivity contribution < 1.29 is 38.1 Å². The molecule has 5 aliphatic heterocycles. The molecule has 4 saturated heterocycles. The number of alkyl carbamates (subject to hydrolysis) is 1. The van der Waals surface area contributed by atoms with Gasteiger partial charge >= 0.3 is 12.1 Å². The number of esters is 1. The molecule has 0 unspecified atom stereocenters. The average Bonchev–Trinajstić information content (AvgIpc) is 3.57. The van der Waals surface area contributed by atoms with E-state index in [1.807, 2.05) is 6.20 Å². The summed E-state index contributed by atoms with van der Waals surface area (Å²) in [5.74, 6) is -0.391. The number of amides is 2. The fourth-order valence-corrected chi connectivity index (χ4v) is 10.2. The Bertz CT molecular complexity index is 2180. The average molecular weight is 887 g/mol. The van der Waals surface area contributed by atoms with Gasteiger partial charge in [-0.25, -0.2) is 10.2 Å². The minimum atomic E-state index is -1.08. The summed E-state index contributed by atoms with van der Waals surface area (Å²) in [5.41, 5.74) is 9.52. The third-order valence-corrected chi connectivity index (χ3v) is 13.5. The van der Waals surface area contributed by atoms with Crippen LogP contribution in [0.3, 0.4) is 0 Å². The van der Waals surface area contributed by atoms with Gasteiger partial charge in [-0.2, -0.15) is 0 Å². The van der Waals surface area contributed by atoms with Crippen LogP contribution in [0.25, 0.3) is 22.2 Å². The summed E-state index contributed by atoms with van der Waals surface area (Å²) in [6.45, 7) is 20.7. The van der Waals surface area contributed by atoms with Crippen molar-refractivity contribution in [3.63, 3.8) is 0 Å². The number of pyridine rings is 1. The number of aromatic nitrogens is 2. The van der Waals surface area contributed by atoms with Crippen LogP contribution in [-0.2, 0) is 46.2 Å². The molecule has 8 rings (SSSR count). The number of anilines is 1. The van der Waals surface area contributed by atoms with Crippen molar-refractivity contribution in [1.82, 2.24) is 35.1 Å². The van der Waals surface area contributed by atoms with Gasteiger partial charge in [-0.3, -0.25) is 24.5 Å². The van der Waals surface area contributed by atoms with Crippen LogP contribution in [0.2, 0.25) is 0 Å². The van der Waals surface area contributed by atoms with Crippen molar-refractivity contribution in [2.45, 2.75) is 116 Å². The second-order valence-electron chi connectivity index (χ2n) is 20.2. The summed E-state index contributed by atoms with van der Waals surface area (Å²) < 4.78 is 32.9. The van der Waals surface area contributed by atoms with Crippen LogP contribution in [0, 0.1) is 5.41 Å². The quantitative estimate of drug-likeness (QED) is 0.311. The number of nitrogens with one attached hydrogen (secondary N) is 2. The lowest BCUT2D eigenvalue weighted by Crippen LogP contribution is -2.69. The minimum Gasteiger partial charge on any atom is -0.464 e. The molecule has 5 atom stereocenters. The van der Waals surface area contributed by atoms with Crippen LogP contribution in [0.4, 0.5) is 10.5 Å². The Morgan fingerprint density at radius 3 is 2.53 bits per heavy atom. The van der Waals surface area contributed by atoms with E-state index in [9.17, 15) is 14.4 Å². The Balaban J connectivity index is 1.28. The number of hydrogen-bond acceptors (Lipinski definition) is 13. The molecule has 64 heavy (non-hydrogen) atoms. The van der Waals surface area contributed by atoms with Crippen molar-refractivity contribution in [3.05, 3.63) is 47.3 Å². The molecule has 16 heteroatoms. The first-order valence-electron chi connectivity index (χ1n) is 23.3. The SMILES string of the molecule is CCn1c(-c2cc(C3CN(C)C3)cnc2[C@H](C)OC)c2c3cc(ccc31)N1CCO[C@H](C1)[C@@H](N1CCOCC1)[C@H](NC(=O)OC(C)(C)C)C(=O)N1CCC[C@H](N1)C(=O)OCC(C)(C)C2. The van der Waals surface area contributed by atoms with Gasteiger partial charge in [0.2, 0.25) is 0 Å². The number of benzene rings is 1. The number of hydrogen-bond donors (Lipinski definition) is 2. The van der Waals surface area contributed by atoms with E-state index in [0.29, 0.717) is 77.7 Å². The number of hydrazine groups is 1. The normalized spacial score (nSPS) is 26.0. The molecule has 2 amide bonds. The van der Waals surface area contributed by atoms with Crippen molar-refractivity contribution >= 4 is 34.6 Å². The predicted molar refractivity (Wildman–Crippen MR) is 244 cm³/mol. The molecule has 0 saturated carbocycles. The fourth-order valence-electron chi connectivity index (χ4n) is 10.2. The van der Waals surface area contributed by atoms with Crippen LogP contribution in [0.5, 0.6) is 0 Å². The van der Waals surface area contributed by atoms with Gasteiger partial charge in [-0.15, -0.1) is 0 Å². The Morgan fingerprint density at radius 2 is 1.83 bits per heavy atom. The van der Waals surface area contributed by atoms with E-state index in [1.165, 1.54) is 16.1 Å². The zero-order valence-corrected chi connectivity index (χ0v) is 39.4. The standard InChI is InChI=1S/C48H70N8O8/c1-10-55-38-14-13-33-23-34(38)36(42(55)35-22-31(32-26-52(8)27-32)25-49-40(35)30(2)60-9)24-48(6,7)29-63-45(58)37-12-11-15-56(51-37)44(57)41(50-46(59)64-47(3,4)5)43(53-16-19-61-20-17-53)39-28-54(33)18-21-62-39/h13-14,22-23,25,30,32,37,39,41,43,51H,10-12,15-21,24,26-29H2,1-9H3,(H,50,59)/t30-,37-,39+,41-,43+/m0/s1. The molecule has 350 valence electrons. The van der Waals surface area contributed by atoms with Gasteiger partial charge in [0.05, 0.1) is 56.1 Å². The lowest BCUT2D eigenvalue weighted by atomic mass is 9.83. The second-order valence-corrected chi connectivity index (χ2v) is 20.2. The van der Waals surface area contributed by atoms with E-state index >= 15 is 0 Å². The summed E-state index contributed by atoms with van der Waals surface area (Å²) in [6, 6.07) is 6.63. The number of fused-ring (bicyclic) bond motifs is 6. The lowest BCUT2D eigenvalue weighted by molar-refractivity contribution is -0.156. The first-order valence-corrected chi connectivity index (χ1v) is 23.3. The predicted octanol–water partition coefficient (Wildman–Crippen LogP) is 4.88.